The minimum Gasteiger partial charge on any atom is -0.352 e. The first-order chi connectivity index (χ1) is 13.6. The molecule has 29 heavy (non-hydrogen) atoms. The van der Waals surface area contributed by atoms with Gasteiger partial charge < -0.3 is 5.32 Å². The summed E-state index contributed by atoms with van der Waals surface area (Å²) in [4.78, 5) is 25.1. The molecule has 0 bridgehead atoms. The highest BCUT2D eigenvalue weighted by molar-refractivity contribution is 7.94. The van der Waals surface area contributed by atoms with Gasteiger partial charge in [-0.1, -0.05) is 41.9 Å². The molecule has 0 radical (unpaired) electrons. The van der Waals surface area contributed by atoms with Crippen molar-refractivity contribution in [1.29, 1.82) is 0 Å². The molecule has 8 heteroatoms. The van der Waals surface area contributed by atoms with Crippen molar-refractivity contribution in [2.24, 2.45) is 5.41 Å². The van der Waals surface area contributed by atoms with Crippen molar-refractivity contribution >= 4 is 39.1 Å². The molecule has 2 aromatic carbocycles. The van der Waals surface area contributed by atoms with Crippen LogP contribution < -0.4 is 9.62 Å². The van der Waals surface area contributed by atoms with Gasteiger partial charge in [-0.15, -0.1) is 0 Å². The molecule has 1 saturated heterocycles. The smallest absolute Gasteiger partial charge is 0.251 e. The molecule has 0 spiro atoms. The van der Waals surface area contributed by atoms with Gasteiger partial charge in [0.1, 0.15) is 0 Å². The van der Waals surface area contributed by atoms with Gasteiger partial charge in [0.15, 0.2) is 0 Å². The molecular formula is C21H23ClN2O4S. The molecular weight excluding hydrogens is 412 g/mol. The van der Waals surface area contributed by atoms with Crippen molar-refractivity contribution in [3.05, 3.63) is 64.7 Å². The Kier molecular flexibility index (Phi) is 6.00. The number of carbonyl (C=O) groups is 2. The molecule has 1 aliphatic rings. The Balaban J connectivity index is 1.72. The summed E-state index contributed by atoms with van der Waals surface area (Å²) in [6.45, 7) is 3.62. The van der Waals surface area contributed by atoms with Gasteiger partial charge in [-0.2, -0.15) is 0 Å². The summed E-state index contributed by atoms with van der Waals surface area (Å²) in [7, 11) is -3.85. The van der Waals surface area contributed by atoms with Crippen LogP contribution in [0, 0.1) is 5.41 Å². The molecule has 1 fully saturated rings. The Labute approximate surface area is 175 Å². The highest BCUT2D eigenvalue weighted by atomic mass is 35.5. The van der Waals surface area contributed by atoms with E-state index in [1.54, 1.807) is 13.8 Å². The lowest BCUT2D eigenvalue weighted by Gasteiger charge is -2.19. The van der Waals surface area contributed by atoms with Crippen LogP contribution in [0.5, 0.6) is 0 Å². The molecule has 1 aliphatic heterocycles. The molecule has 1 N–H and O–H groups in total. The molecule has 0 unspecified atom stereocenters. The molecule has 0 saturated carbocycles. The van der Waals surface area contributed by atoms with E-state index in [2.05, 4.69) is 5.32 Å². The average molecular weight is 435 g/mol. The van der Waals surface area contributed by atoms with Gasteiger partial charge in [-0.05, 0) is 50.5 Å². The SMILES string of the molecule is CC1(C)CS(=O)(=O)N(c2cc(C(=O)NCCCc3ccccc3)ccc2Cl)C1=O. The maximum absolute atomic E-state index is 12.6. The van der Waals surface area contributed by atoms with Crippen LogP contribution in [0.15, 0.2) is 48.5 Å². The maximum Gasteiger partial charge on any atom is 0.251 e. The zero-order valence-electron chi connectivity index (χ0n) is 16.3. The molecule has 154 valence electrons. The van der Waals surface area contributed by atoms with E-state index >= 15 is 0 Å². The molecule has 0 aliphatic carbocycles. The van der Waals surface area contributed by atoms with E-state index in [1.165, 1.54) is 23.8 Å². The number of carbonyl (C=O) groups excluding carboxylic acids is 2. The first-order valence-electron chi connectivity index (χ1n) is 9.31. The fourth-order valence-electron chi connectivity index (χ4n) is 3.29. The summed E-state index contributed by atoms with van der Waals surface area (Å²) in [6, 6.07) is 14.3. The van der Waals surface area contributed by atoms with Crippen molar-refractivity contribution in [2.75, 3.05) is 16.6 Å². The number of rotatable bonds is 6. The Hall–Kier alpha value is -2.38. The fraction of sp³-hybridized carbons (Fsp3) is 0.333. The van der Waals surface area contributed by atoms with E-state index in [4.69, 9.17) is 11.6 Å². The number of benzene rings is 2. The summed E-state index contributed by atoms with van der Waals surface area (Å²) in [5, 5.41) is 2.92. The number of halogens is 1. The van der Waals surface area contributed by atoms with Crippen LogP contribution in [0.25, 0.3) is 0 Å². The van der Waals surface area contributed by atoms with Gasteiger partial charge in [0.2, 0.25) is 15.9 Å². The minimum atomic E-state index is -3.85. The van der Waals surface area contributed by atoms with Gasteiger partial charge in [0.25, 0.3) is 5.91 Å². The standard InChI is InChI=1S/C21H23ClN2O4S/c1-21(2)14-29(27,28)24(20(21)26)18-13-16(10-11-17(18)22)19(25)23-12-6-9-15-7-4-3-5-8-15/h3-5,7-8,10-11,13H,6,9,12,14H2,1-2H3,(H,23,25). The summed E-state index contributed by atoms with van der Waals surface area (Å²) in [5.74, 6) is -1.20. The summed E-state index contributed by atoms with van der Waals surface area (Å²) in [6.07, 6.45) is 1.60. The van der Waals surface area contributed by atoms with E-state index in [1.807, 2.05) is 30.3 Å². The third kappa shape index (κ3) is 4.62. The van der Waals surface area contributed by atoms with E-state index in [0.29, 0.717) is 6.54 Å². The minimum absolute atomic E-state index is 0.0131. The third-order valence-electron chi connectivity index (χ3n) is 4.78. The fourth-order valence-corrected chi connectivity index (χ4v) is 5.66. The van der Waals surface area contributed by atoms with Crippen molar-refractivity contribution in [3.63, 3.8) is 0 Å². The second kappa shape index (κ2) is 8.16. The number of amides is 2. The van der Waals surface area contributed by atoms with Crippen LogP contribution in [-0.4, -0.2) is 32.5 Å². The normalized spacial score (nSPS) is 17.3. The van der Waals surface area contributed by atoms with Gasteiger partial charge in [0.05, 0.1) is 21.9 Å². The maximum atomic E-state index is 12.6. The number of anilines is 1. The first-order valence-corrected chi connectivity index (χ1v) is 11.3. The lowest BCUT2D eigenvalue weighted by Crippen LogP contribution is -2.33. The topological polar surface area (TPSA) is 83.6 Å². The summed E-state index contributed by atoms with van der Waals surface area (Å²) in [5.41, 5.74) is 0.407. The predicted octanol–water partition coefficient (Wildman–Crippen LogP) is 3.41. The number of sulfonamides is 1. The van der Waals surface area contributed by atoms with E-state index in [9.17, 15) is 18.0 Å². The molecule has 0 aromatic heterocycles. The zero-order chi connectivity index (χ0) is 21.2. The van der Waals surface area contributed by atoms with Gasteiger partial charge in [-0.3, -0.25) is 9.59 Å². The highest BCUT2D eigenvalue weighted by Crippen LogP contribution is 2.39. The van der Waals surface area contributed by atoms with E-state index in [-0.39, 0.29) is 27.9 Å². The molecule has 2 aromatic rings. The van der Waals surface area contributed by atoms with Crippen LogP contribution in [0.4, 0.5) is 5.69 Å². The zero-order valence-corrected chi connectivity index (χ0v) is 17.9. The largest absolute Gasteiger partial charge is 0.352 e. The number of nitrogens with zero attached hydrogens (tertiary/aromatic N) is 1. The number of hydrogen-bond acceptors (Lipinski definition) is 4. The lowest BCUT2D eigenvalue weighted by atomic mass is 9.95. The third-order valence-corrected chi connectivity index (χ3v) is 7.11. The quantitative estimate of drug-likeness (QED) is 0.706. The van der Waals surface area contributed by atoms with Crippen molar-refractivity contribution in [2.45, 2.75) is 26.7 Å². The second-order valence-electron chi connectivity index (χ2n) is 7.72. The Bertz CT molecular complexity index is 1040. The predicted molar refractivity (Wildman–Crippen MR) is 114 cm³/mol. The number of nitrogens with one attached hydrogen (secondary N) is 1. The molecule has 1 heterocycles. The summed E-state index contributed by atoms with van der Waals surface area (Å²) >= 11 is 6.17. The van der Waals surface area contributed by atoms with Gasteiger partial charge in [0, 0.05) is 12.1 Å². The number of hydrogen-bond donors (Lipinski definition) is 1. The Morgan fingerprint density at radius 2 is 1.86 bits per heavy atom. The molecule has 2 amide bonds. The van der Waals surface area contributed by atoms with Crippen LogP contribution in [0.3, 0.4) is 0 Å². The first kappa shape index (κ1) is 21.3. The highest BCUT2D eigenvalue weighted by Gasteiger charge is 2.50. The van der Waals surface area contributed by atoms with Crippen molar-refractivity contribution < 1.29 is 18.0 Å². The van der Waals surface area contributed by atoms with Crippen LogP contribution in [-0.2, 0) is 21.2 Å². The van der Waals surface area contributed by atoms with Crippen molar-refractivity contribution in [1.82, 2.24) is 5.32 Å². The monoisotopic (exact) mass is 434 g/mol. The Morgan fingerprint density at radius 3 is 2.48 bits per heavy atom. The van der Waals surface area contributed by atoms with Crippen LogP contribution in [0.2, 0.25) is 5.02 Å². The van der Waals surface area contributed by atoms with Gasteiger partial charge >= 0.3 is 0 Å². The number of aryl methyl sites for hydroxylation is 1. The molecule has 0 atom stereocenters. The van der Waals surface area contributed by atoms with Crippen LogP contribution in [0.1, 0.15) is 36.2 Å². The van der Waals surface area contributed by atoms with Crippen LogP contribution >= 0.6 is 11.6 Å². The Morgan fingerprint density at radius 1 is 1.17 bits per heavy atom. The second-order valence-corrected chi connectivity index (χ2v) is 9.95. The molecule has 6 nitrogen and oxygen atoms in total. The van der Waals surface area contributed by atoms with E-state index < -0.39 is 21.3 Å². The molecule has 3 rings (SSSR count). The average Bonchev–Trinajstić information content (AvgIpc) is 2.83. The van der Waals surface area contributed by atoms with Crippen molar-refractivity contribution in [3.8, 4) is 0 Å². The van der Waals surface area contributed by atoms with E-state index in [0.717, 1.165) is 17.1 Å². The summed E-state index contributed by atoms with van der Waals surface area (Å²) < 4.78 is 25.8. The lowest BCUT2D eigenvalue weighted by molar-refractivity contribution is -0.123. The van der Waals surface area contributed by atoms with Gasteiger partial charge in [-0.25, -0.2) is 12.7 Å².